The van der Waals surface area contributed by atoms with Crippen LogP contribution < -0.4 is 15.0 Å². The lowest BCUT2D eigenvalue weighted by molar-refractivity contribution is -0.151. The van der Waals surface area contributed by atoms with Crippen LogP contribution in [0.5, 0.6) is 5.75 Å². The number of likely N-dealkylation sites (tertiary alicyclic amines) is 1. The summed E-state index contributed by atoms with van der Waals surface area (Å²) in [7, 11) is 0. The molecule has 282 valence electrons. The Kier molecular flexibility index (Phi) is 8.70. The van der Waals surface area contributed by atoms with Crippen LogP contribution >= 0.6 is 0 Å². The highest BCUT2D eigenvalue weighted by molar-refractivity contribution is 6.00. The standard InChI is InChI=1S/C40H51F4N5O3/c1-5-38(6-2)20-49(33-12-11-30(18-32(33)38)52-29-9-7-28(8-10-29)48-21-39(43,44)22-48)36-45-19-31(34(46-36)37(4,41)42)35(51)47-40(23(3)50)26-14-24-13-25(16-26)17-27(40)15-24/h11-12,18-19,24-29H,5-10,13-17,20-22H2,1-4H3,(H,47,51). The van der Waals surface area contributed by atoms with Crippen molar-refractivity contribution < 1.29 is 31.9 Å². The monoisotopic (exact) mass is 725 g/mol. The second-order valence-corrected chi connectivity index (χ2v) is 17.1. The first kappa shape index (κ1) is 35.7. The van der Waals surface area contributed by atoms with E-state index in [0.717, 1.165) is 88.1 Å². The predicted octanol–water partition coefficient (Wildman–Crippen LogP) is 7.95. The highest BCUT2D eigenvalue weighted by Gasteiger charge is 2.60. The third-order valence-corrected chi connectivity index (χ3v) is 14.0. The first-order valence-corrected chi connectivity index (χ1v) is 19.4. The van der Waals surface area contributed by atoms with Gasteiger partial charge in [0.2, 0.25) is 5.95 Å². The number of nitrogens with one attached hydrogen (secondary N) is 1. The second kappa shape index (κ2) is 12.7. The van der Waals surface area contributed by atoms with Gasteiger partial charge in [0, 0.05) is 36.8 Å². The zero-order chi connectivity index (χ0) is 36.8. The molecule has 6 fully saturated rings. The fourth-order valence-electron chi connectivity index (χ4n) is 11.3. The normalized spacial score (nSPS) is 33.0. The minimum Gasteiger partial charge on any atom is -0.490 e. The number of nitrogens with zero attached hydrogens (tertiary/aromatic N) is 4. The van der Waals surface area contributed by atoms with Gasteiger partial charge in [0.25, 0.3) is 17.8 Å². The maximum Gasteiger partial charge on any atom is 0.287 e. The van der Waals surface area contributed by atoms with E-state index in [1.54, 1.807) is 0 Å². The first-order valence-electron chi connectivity index (χ1n) is 19.4. The van der Waals surface area contributed by atoms with Crippen LogP contribution in [0, 0.1) is 23.7 Å². The number of hydrogen-bond acceptors (Lipinski definition) is 7. The summed E-state index contributed by atoms with van der Waals surface area (Å²) in [4.78, 5) is 40.1. The quantitative estimate of drug-likeness (QED) is 0.249. The van der Waals surface area contributed by atoms with Gasteiger partial charge in [0.15, 0.2) is 5.78 Å². The van der Waals surface area contributed by atoms with Gasteiger partial charge >= 0.3 is 0 Å². The number of ketones is 1. The Hall–Kier alpha value is -3.28. The second-order valence-electron chi connectivity index (χ2n) is 17.1. The van der Waals surface area contributed by atoms with Crippen molar-refractivity contribution in [2.24, 2.45) is 23.7 Å². The summed E-state index contributed by atoms with van der Waals surface area (Å²) >= 11 is 0. The lowest BCUT2D eigenvalue weighted by Crippen LogP contribution is -2.69. The number of rotatable bonds is 10. The Bertz CT molecular complexity index is 1700. The molecule has 3 heterocycles. The van der Waals surface area contributed by atoms with E-state index in [9.17, 15) is 18.4 Å². The van der Waals surface area contributed by atoms with E-state index in [1.807, 2.05) is 28.0 Å². The number of fused-ring (bicyclic) bond motifs is 1. The molecule has 5 aliphatic carbocycles. The summed E-state index contributed by atoms with van der Waals surface area (Å²) in [6, 6.07) is 6.04. The summed E-state index contributed by atoms with van der Waals surface area (Å²) < 4.78 is 64.2. The van der Waals surface area contributed by atoms with Crippen molar-refractivity contribution in [2.45, 2.75) is 133 Å². The molecule has 7 aliphatic rings. The zero-order valence-corrected chi connectivity index (χ0v) is 30.7. The third-order valence-electron chi connectivity index (χ3n) is 14.0. The van der Waals surface area contributed by atoms with Crippen molar-refractivity contribution in [1.82, 2.24) is 20.2 Å². The summed E-state index contributed by atoms with van der Waals surface area (Å²) in [6.07, 6.45) is 10.7. The molecule has 0 radical (unpaired) electrons. The molecule has 9 rings (SSSR count). The molecule has 1 aromatic heterocycles. The number of alkyl halides is 4. The van der Waals surface area contributed by atoms with Crippen LogP contribution in [0.15, 0.2) is 24.4 Å². The van der Waals surface area contributed by atoms with Gasteiger partial charge < -0.3 is 15.0 Å². The predicted molar refractivity (Wildman–Crippen MR) is 188 cm³/mol. The molecule has 0 atom stereocenters. The van der Waals surface area contributed by atoms with Crippen molar-refractivity contribution >= 4 is 23.3 Å². The van der Waals surface area contributed by atoms with Crippen molar-refractivity contribution in [3.05, 3.63) is 41.2 Å². The van der Waals surface area contributed by atoms with Gasteiger partial charge in [-0.25, -0.2) is 18.7 Å². The van der Waals surface area contributed by atoms with Crippen LogP contribution in [0.2, 0.25) is 0 Å². The summed E-state index contributed by atoms with van der Waals surface area (Å²) in [5.74, 6) is -4.86. The number of carbonyl (C=O) groups is 2. The van der Waals surface area contributed by atoms with E-state index >= 15 is 8.78 Å². The van der Waals surface area contributed by atoms with Crippen molar-refractivity contribution in [2.75, 3.05) is 24.5 Å². The number of aromatic nitrogens is 2. The van der Waals surface area contributed by atoms with E-state index in [1.165, 1.54) is 19.5 Å². The van der Waals surface area contributed by atoms with Gasteiger partial charge in [-0.3, -0.25) is 14.5 Å². The number of carbonyl (C=O) groups excluding carboxylic acids is 2. The van der Waals surface area contributed by atoms with E-state index < -0.39 is 29.0 Å². The number of halogens is 4. The van der Waals surface area contributed by atoms with Crippen molar-refractivity contribution in [3.8, 4) is 5.75 Å². The summed E-state index contributed by atoms with van der Waals surface area (Å²) in [5, 5.41) is 3.03. The maximum absolute atomic E-state index is 15.4. The van der Waals surface area contributed by atoms with E-state index in [-0.39, 0.29) is 59.8 Å². The number of Topliss-reactive ketones (excluding diaryl/α,β-unsaturated/α-hetero) is 1. The number of ether oxygens (including phenoxy) is 1. The highest BCUT2D eigenvalue weighted by Crippen LogP contribution is 2.59. The van der Waals surface area contributed by atoms with Gasteiger partial charge in [-0.2, -0.15) is 8.78 Å². The van der Waals surface area contributed by atoms with E-state index in [0.29, 0.717) is 18.4 Å². The van der Waals surface area contributed by atoms with Crippen LogP contribution in [0.4, 0.5) is 29.2 Å². The van der Waals surface area contributed by atoms with Gasteiger partial charge in [0.1, 0.15) is 17.0 Å². The molecule has 4 bridgehead atoms. The van der Waals surface area contributed by atoms with Gasteiger partial charge in [0.05, 0.1) is 24.8 Å². The average Bonchev–Trinajstić information content (AvgIpc) is 3.42. The average molecular weight is 726 g/mol. The third kappa shape index (κ3) is 5.89. The molecule has 2 aliphatic heterocycles. The van der Waals surface area contributed by atoms with Crippen molar-refractivity contribution in [3.63, 3.8) is 0 Å². The molecule has 0 spiro atoms. The molecule has 12 heteroatoms. The van der Waals surface area contributed by atoms with Gasteiger partial charge in [-0.15, -0.1) is 0 Å². The minimum absolute atomic E-state index is 0.0105. The first-order chi connectivity index (χ1) is 24.6. The molecule has 5 saturated carbocycles. The highest BCUT2D eigenvalue weighted by atomic mass is 19.3. The fourth-order valence-corrected chi connectivity index (χ4v) is 11.3. The minimum atomic E-state index is -3.44. The van der Waals surface area contributed by atoms with Crippen LogP contribution in [-0.2, 0) is 16.1 Å². The maximum atomic E-state index is 15.4. The number of anilines is 2. The smallest absolute Gasteiger partial charge is 0.287 e. The molecular formula is C40H51F4N5O3. The van der Waals surface area contributed by atoms with E-state index in [4.69, 9.17) is 4.74 Å². The lowest BCUT2D eigenvalue weighted by atomic mass is 9.47. The van der Waals surface area contributed by atoms with Crippen LogP contribution in [0.25, 0.3) is 0 Å². The Morgan fingerprint density at radius 1 is 0.962 bits per heavy atom. The zero-order valence-electron chi connectivity index (χ0n) is 30.7. The Morgan fingerprint density at radius 2 is 1.60 bits per heavy atom. The molecule has 8 nitrogen and oxygen atoms in total. The topological polar surface area (TPSA) is 87.7 Å². The molecule has 0 unspecified atom stereocenters. The molecule has 1 aromatic carbocycles. The van der Waals surface area contributed by atoms with Gasteiger partial charge in [-0.1, -0.05) is 13.8 Å². The van der Waals surface area contributed by atoms with Crippen LogP contribution in [0.3, 0.4) is 0 Å². The summed E-state index contributed by atoms with van der Waals surface area (Å²) in [5.41, 5.74) is -0.468. The van der Waals surface area contributed by atoms with Crippen LogP contribution in [0.1, 0.15) is 120 Å². The number of hydrogen-bond donors (Lipinski definition) is 1. The fraction of sp³-hybridized carbons (Fsp3) is 0.700. The SMILES string of the molecule is CCC1(CC)CN(c2ncc(C(=O)NC3(C(C)=O)C4CC5CC(C4)CC3C5)c(C(C)(F)F)n2)c2ccc(OC3CCC(N4CC(F)(F)C4)CC3)cc21. The number of benzene rings is 1. The molecular weight excluding hydrogens is 674 g/mol. The van der Waals surface area contributed by atoms with Crippen LogP contribution in [-0.4, -0.2) is 69.8 Å². The molecule has 1 saturated heterocycles. The number of amides is 1. The molecule has 2 aromatic rings. The van der Waals surface area contributed by atoms with E-state index in [2.05, 4.69) is 29.1 Å². The van der Waals surface area contributed by atoms with Gasteiger partial charge in [-0.05, 0) is 125 Å². The molecule has 1 N–H and O–H groups in total. The largest absolute Gasteiger partial charge is 0.490 e. The van der Waals surface area contributed by atoms with Crippen molar-refractivity contribution in [1.29, 1.82) is 0 Å². The Morgan fingerprint density at radius 3 is 2.15 bits per heavy atom. The lowest BCUT2D eigenvalue weighted by Gasteiger charge is -2.60. The summed E-state index contributed by atoms with van der Waals surface area (Å²) in [6.45, 7) is 6.66. The molecule has 1 amide bonds. The Balaban J connectivity index is 1.04. The Labute approximate surface area is 303 Å². The molecule has 52 heavy (non-hydrogen) atoms.